The summed E-state index contributed by atoms with van der Waals surface area (Å²) in [4.78, 5) is 1.40. The molecule has 11 heavy (non-hydrogen) atoms. The van der Waals surface area contributed by atoms with Crippen molar-refractivity contribution in [3.05, 3.63) is 0 Å². The van der Waals surface area contributed by atoms with Gasteiger partial charge in [0, 0.05) is 13.8 Å². The van der Waals surface area contributed by atoms with Crippen LogP contribution in [0.15, 0.2) is 0 Å². The average Bonchev–Trinajstić information content (AvgIpc) is 1.95. The van der Waals surface area contributed by atoms with E-state index in [4.69, 9.17) is 8.22 Å². The maximum Gasteiger partial charge on any atom is 0.0394 e. The minimum atomic E-state index is -2.16. The summed E-state index contributed by atoms with van der Waals surface area (Å²) in [5.74, 6) is 0. The van der Waals surface area contributed by atoms with Gasteiger partial charge in [-0.05, 0) is 54.2 Å². The van der Waals surface area contributed by atoms with Gasteiger partial charge in [0.15, 0.2) is 0 Å². The van der Waals surface area contributed by atoms with Gasteiger partial charge in [-0.1, -0.05) is 0 Å². The molecule has 0 aromatic carbocycles. The van der Waals surface area contributed by atoms with Gasteiger partial charge in [0.2, 0.25) is 0 Å². The van der Waals surface area contributed by atoms with Crippen molar-refractivity contribution < 1.29 is 8.22 Å². The molecule has 0 radical (unpaired) electrons. The quantitative estimate of drug-likeness (QED) is 0.631. The molecule has 2 nitrogen and oxygen atoms in total. The zero-order valence-corrected chi connectivity index (χ0v) is 7.57. The van der Waals surface area contributed by atoms with Crippen LogP contribution in [-0.4, -0.2) is 37.5 Å². The van der Waals surface area contributed by atoms with Crippen molar-refractivity contribution in [2.75, 3.05) is 27.0 Å². The number of nitrogens with one attached hydrogen (secondary N) is 1. The van der Waals surface area contributed by atoms with E-state index in [-0.39, 0.29) is 6.54 Å². The monoisotopic (exact) mass is 164 g/mol. The molecule has 0 aliphatic heterocycles. The third-order valence-corrected chi connectivity index (χ3v) is 1.49. The van der Waals surface area contributed by atoms with Gasteiger partial charge in [-0.2, -0.15) is 0 Å². The molecule has 0 unspecified atom stereocenters. The highest BCUT2D eigenvalue weighted by atomic mass is 15.2. The molecule has 0 bridgehead atoms. The zero-order chi connectivity index (χ0) is 13.9. The molecule has 0 fully saturated rings. The molecule has 0 atom stereocenters. The van der Waals surface area contributed by atoms with Gasteiger partial charge in [-0.15, -0.1) is 0 Å². The van der Waals surface area contributed by atoms with Gasteiger partial charge in [-0.25, -0.2) is 0 Å². The summed E-state index contributed by atoms with van der Waals surface area (Å²) in [6.07, 6.45) is 0.480. The minimum absolute atomic E-state index is 0.277. The lowest BCUT2D eigenvalue weighted by molar-refractivity contribution is 0.174. The molecule has 0 saturated heterocycles. The van der Waals surface area contributed by atoms with Crippen molar-refractivity contribution in [1.29, 1.82) is 0 Å². The third-order valence-electron chi connectivity index (χ3n) is 1.49. The lowest BCUT2D eigenvalue weighted by Crippen LogP contribution is -2.39. The number of nitrogens with zero attached hydrogens (tertiary/aromatic N) is 1. The van der Waals surface area contributed by atoms with Gasteiger partial charge < -0.3 is 10.2 Å². The lowest BCUT2D eigenvalue weighted by Gasteiger charge is -2.31. The van der Waals surface area contributed by atoms with Gasteiger partial charge in [0.1, 0.15) is 0 Å². The van der Waals surface area contributed by atoms with Crippen LogP contribution in [0.25, 0.3) is 0 Å². The molecule has 0 amide bonds. The second-order valence-corrected chi connectivity index (χ2v) is 3.60. The van der Waals surface area contributed by atoms with Gasteiger partial charge in [0.05, 0.1) is 0 Å². The maximum absolute atomic E-state index is 7.43. The molecule has 68 valence electrons. The second kappa shape index (κ2) is 4.73. The lowest BCUT2D eigenvalue weighted by atomic mass is 10.1. The number of rotatable bonds is 4. The minimum Gasteiger partial charge on any atom is -0.320 e. The Labute approximate surface area is 79.4 Å². The molecular formula is C9H22N2. The van der Waals surface area contributed by atoms with Crippen molar-refractivity contribution in [3.63, 3.8) is 0 Å². The van der Waals surface area contributed by atoms with Gasteiger partial charge in [0.25, 0.3) is 0 Å². The Morgan fingerprint density at radius 3 is 2.64 bits per heavy atom. The first-order chi connectivity index (χ1) is 7.34. The van der Waals surface area contributed by atoms with Crippen molar-refractivity contribution in [1.82, 2.24) is 10.2 Å². The third kappa shape index (κ3) is 5.22. The smallest absolute Gasteiger partial charge is 0.0394 e. The summed E-state index contributed by atoms with van der Waals surface area (Å²) in [7, 11) is 0. The Hall–Kier alpha value is -0.0800. The fourth-order valence-corrected chi connectivity index (χ4v) is 0.661. The Morgan fingerprint density at radius 2 is 2.18 bits per heavy atom. The van der Waals surface area contributed by atoms with Crippen LogP contribution in [0.3, 0.4) is 0 Å². The van der Waals surface area contributed by atoms with E-state index >= 15 is 0 Å². The molecule has 0 heterocycles. The molecule has 0 rings (SSSR count). The fourth-order valence-electron chi connectivity index (χ4n) is 0.661. The molecule has 1 N–H and O–H groups in total. The Bertz CT molecular complexity index is 213. The maximum atomic E-state index is 7.43. The Kier molecular flexibility index (Phi) is 1.82. The highest BCUT2D eigenvalue weighted by Crippen LogP contribution is 2.09. The van der Waals surface area contributed by atoms with Crippen LogP contribution in [0, 0.1) is 0 Å². The van der Waals surface area contributed by atoms with E-state index in [0.29, 0.717) is 13.0 Å². The molecule has 0 spiro atoms. The van der Waals surface area contributed by atoms with Crippen LogP contribution in [0.1, 0.15) is 35.4 Å². The number of hydrogen-bond donors (Lipinski definition) is 1. The van der Waals surface area contributed by atoms with Crippen molar-refractivity contribution in [3.8, 4) is 0 Å². The molecule has 0 aliphatic rings. The SMILES string of the molecule is [2H]C([2H])([2H])NCCCN(C([2H])([2H])[2H])C(C)(C)C. The summed E-state index contributed by atoms with van der Waals surface area (Å²) >= 11 is 0. The molecule has 0 aromatic rings. The van der Waals surface area contributed by atoms with Crippen molar-refractivity contribution in [2.24, 2.45) is 0 Å². The predicted molar refractivity (Wildman–Crippen MR) is 50.9 cm³/mol. The molecule has 0 saturated carbocycles. The zero-order valence-electron chi connectivity index (χ0n) is 13.6. The normalized spacial score (nSPS) is 22.9. The fraction of sp³-hybridized carbons (Fsp3) is 1.00. The van der Waals surface area contributed by atoms with Crippen LogP contribution in [0.5, 0.6) is 0 Å². The first-order valence-corrected chi connectivity index (χ1v) is 3.87. The first kappa shape index (κ1) is 4.24. The van der Waals surface area contributed by atoms with Crippen LogP contribution < -0.4 is 5.32 Å². The van der Waals surface area contributed by atoms with E-state index in [9.17, 15) is 0 Å². The van der Waals surface area contributed by atoms with Gasteiger partial charge >= 0.3 is 0 Å². The van der Waals surface area contributed by atoms with E-state index in [1.54, 1.807) is 0 Å². The predicted octanol–water partition coefficient (Wildman–Crippen LogP) is 1.33. The van der Waals surface area contributed by atoms with Crippen molar-refractivity contribution in [2.45, 2.75) is 32.7 Å². The summed E-state index contributed by atoms with van der Waals surface area (Å²) < 4.78 is 43.2. The summed E-state index contributed by atoms with van der Waals surface area (Å²) in [5, 5.41) is 2.37. The van der Waals surface area contributed by atoms with E-state index in [1.807, 2.05) is 20.8 Å². The van der Waals surface area contributed by atoms with Crippen molar-refractivity contribution >= 4 is 0 Å². The molecule has 2 heteroatoms. The largest absolute Gasteiger partial charge is 0.320 e. The highest BCUT2D eigenvalue weighted by Gasteiger charge is 2.15. The first-order valence-electron chi connectivity index (χ1n) is 6.87. The standard InChI is InChI=1S/C9H22N2/c1-9(2,3)11(5)8-6-7-10-4/h10H,6-8H2,1-5H3/i4D3,5D3. The van der Waals surface area contributed by atoms with E-state index in [2.05, 4.69) is 5.32 Å². The highest BCUT2D eigenvalue weighted by molar-refractivity contribution is 4.72. The van der Waals surface area contributed by atoms with E-state index < -0.39 is 19.5 Å². The molecule has 0 aromatic heterocycles. The van der Waals surface area contributed by atoms with Crippen LogP contribution in [0.2, 0.25) is 0 Å². The molecular weight excluding hydrogens is 136 g/mol. The Balaban J connectivity index is 4.22. The summed E-state index contributed by atoms with van der Waals surface area (Å²) in [6, 6.07) is 0. The summed E-state index contributed by atoms with van der Waals surface area (Å²) in [5.41, 5.74) is -0.467. The van der Waals surface area contributed by atoms with E-state index in [0.717, 1.165) is 0 Å². The van der Waals surface area contributed by atoms with Gasteiger partial charge in [-0.3, -0.25) is 0 Å². The number of hydrogen-bond acceptors (Lipinski definition) is 2. The topological polar surface area (TPSA) is 15.3 Å². The summed E-state index contributed by atoms with van der Waals surface area (Å²) in [6.45, 7) is 1.79. The Morgan fingerprint density at radius 1 is 1.45 bits per heavy atom. The molecule has 0 aliphatic carbocycles. The average molecular weight is 164 g/mol. The van der Waals surface area contributed by atoms with Crippen LogP contribution in [0.4, 0.5) is 0 Å². The van der Waals surface area contributed by atoms with E-state index in [1.165, 1.54) is 4.90 Å². The van der Waals surface area contributed by atoms with Crippen LogP contribution >= 0.6 is 0 Å². The second-order valence-electron chi connectivity index (χ2n) is 3.60. The van der Waals surface area contributed by atoms with Crippen LogP contribution in [-0.2, 0) is 0 Å².